The van der Waals surface area contributed by atoms with Gasteiger partial charge in [0, 0.05) is 32.5 Å². The number of hydrogen-bond donors (Lipinski definition) is 4. The Morgan fingerprint density at radius 3 is 1.52 bits per heavy atom. The zero-order chi connectivity index (χ0) is 23.6. The van der Waals surface area contributed by atoms with Crippen LogP contribution in [-0.4, -0.2) is 71.6 Å². The van der Waals surface area contributed by atoms with Gasteiger partial charge in [0.15, 0.2) is 0 Å². The smallest absolute Gasteiger partial charge is 0.331 e. The van der Waals surface area contributed by atoms with Crippen molar-refractivity contribution in [3.05, 3.63) is 0 Å². The summed E-state index contributed by atoms with van der Waals surface area (Å²) in [5, 5.41) is 25.5. The minimum atomic E-state index is -0.401. The highest BCUT2D eigenvalue weighted by Crippen LogP contribution is 2.11. The van der Waals surface area contributed by atoms with Crippen LogP contribution in [0.4, 0.5) is 0 Å². The molecule has 1 amide bonds. The molecular formula is C23H48N2O6. The molecule has 0 rings (SSSR count). The van der Waals surface area contributed by atoms with Gasteiger partial charge in [0.2, 0.25) is 0 Å². The molecule has 0 heterocycles. The standard InChI is InChI=1S/C17H33NO3.C6H15NO3/c1-3-5-6-7-8-9-10-11-12-13-14-15-16(19)18-21-17(20)4-2;8-4-1-7(2-5-9)3-6-10/h3-15H2,1-2H3,(H,18,19);8-10H,1-6H2. The van der Waals surface area contributed by atoms with Crippen molar-refractivity contribution in [3.8, 4) is 0 Å². The monoisotopic (exact) mass is 448 g/mol. The maximum Gasteiger partial charge on any atom is 0.331 e. The molecule has 0 aliphatic rings. The molecule has 0 aromatic heterocycles. The summed E-state index contributed by atoms with van der Waals surface area (Å²) in [5.41, 5.74) is 2.18. The van der Waals surface area contributed by atoms with Crippen LogP contribution in [0.3, 0.4) is 0 Å². The number of hydrogen-bond acceptors (Lipinski definition) is 7. The number of nitrogens with one attached hydrogen (secondary N) is 1. The summed E-state index contributed by atoms with van der Waals surface area (Å²) in [5.74, 6) is -0.602. The lowest BCUT2D eigenvalue weighted by molar-refractivity contribution is -0.158. The molecule has 0 aliphatic heterocycles. The van der Waals surface area contributed by atoms with Crippen LogP contribution in [0.15, 0.2) is 0 Å². The lowest BCUT2D eigenvalue weighted by Gasteiger charge is -2.17. The first-order chi connectivity index (χ1) is 15.0. The van der Waals surface area contributed by atoms with Crippen LogP contribution in [0.2, 0.25) is 0 Å². The van der Waals surface area contributed by atoms with Crippen molar-refractivity contribution < 1.29 is 29.7 Å². The highest BCUT2D eigenvalue weighted by atomic mass is 16.7. The first-order valence-corrected chi connectivity index (χ1v) is 12.1. The molecule has 0 bridgehead atoms. The maximum absolute atomic E-state index is 11.3. The third-order valence-electron chi connectivity index (χ3n) is 4.82. The fraction of sp³-hybridized carbons (Fsp3) is 0.913. The van der Waals surface area contributed by atoms with E-state index in [9.17, 15) is 9.59 Å². The molecule has 4 N–H and O–H groups in total. The molecule has 0 unspecified atom stereocenters. The van der Waals surface area contributed by atoms with E-state index in [4.69, 9.17) is 15.3 Å². The Morgan fingerprint density at radius 1 is 0.710 bits per heavy atom. The average molecular weight is 449 g/mol. The fourth-order valence-electron chi connectivity index (χ4n) is 2.95. The summed E-state index contributed by atoms with van der Waals surface area (Å²) >= 11 is 0. The molecule has 31 heavy (non-hydrogen) atoms. The number of unbranched alkanes of at least 4 members (excludes halogenated alkanes) is 10. The number of aliphatic hydroxyl groups is 3. The molecule has 8 nitrogen and oxygen atoms in total. The Kier molecular flexibility index (Phi) is 27.6. The molecule has 8 heteroatoms. The largest absolute Gasteiger partial charge is 0.395 e. The summed E-state index contributed by atoms with van der Waals surface area (Å²) in [6.45, 7) is 5.69. The van der Waals surface area contributed by atoms with Gasteiger partial charge in [0.25, 0.3) is 5.91 Å². The van der Waals surface area contributed by atoms with Gasteiger partial charge in [-0.15, -0.1) is 0 Å². The Hall–Kier alpha value is -1.22. The lowest BCUT2D eigenvalue weighted by Crippen LogP contribution is -2.32. The minimum Gasteiger partial charge on any atom is -0.395 e. The summed E-state index contributed by atoms with van der Waals surface area (Å²) < 4.78 is 0. The Morgan fingerprint density at radius 2 is 1.13 bits per heavy atom. The van der Waals surface area contributed by atoms with Crippen molar-refractivity contribution in [2.24, 2.45) is 0 Å². The predicted octanol–water partition coefficient (Wildman–Crippen LogP) is 2.94. The number of amides is 1. The lowest BCUT2D eigenvalue weighted by atomic mass is 10.1. The van der Waals surface area contributed by atoms with Gasteiger partial charge in [-0.1, -0.05) is 78.1 Å². The first kappa shape index (κ1) is 32.0. The molecule has 0 radical (unpaired) electrons. The minimum absolute atomic E-state index is 0.0694. The topological polar surface area (TPSA) is 119 Å². The van der Waals surface area contributed by atoms with Gasteiger partial charge >= 0.3 is 5.97 Å². The predicted molar refractivity (Wildman–Crippen MR) is 123 cm³/mol. The van der Waals surface area contributed by atoms with E-state index >= 15 is 0 Å². The van der Waals surface area contributed by atoms with Crippen molar-refractivity contribution in [1.82, 2.24) is 10.4 Å². The van der Waals surface area contributed by atoms with E-state index in [2.05, 4.69) is 17.2 Å². The molecule has 0 saturated heterocycles. The van der Waals surface area contributed by atoms with E-state index < -0.39 is 5.97 Å². The molecule has 0 aliphatic carbocycles. The zero-order valence-corrected chi connectivity index (χ0v) is 19.9. The van der Waals surface area contributed by atoms with Crippen molar-refractivity contribution in [2.45, 2.75) is 97.3 Å². The van der Waals surface area contributed by atoms with Crippen molar-refractivity contribution in [2.75, 3.05) is 39.5 Å². The number of carbonyl (C=O) groups excluding carboxylic acids is 2. The van der Waals surface area contributed by atoms with Gasteiger partial charge in [-0.2, -0.15) is 5.48 Å². The van der Waals surface area contributed by atoms with Crippen LogP contribution in [0.25, 0.3) is 0 Å². The number of nitrogens with zero attached hydrogens (tertiary/aromatic N) is 1. The number of carbonyl (C=O) groups is 2. The van der Waals surface area contributed by atoms with Crippen molar-refractivity contribution >= 4 is 11.9 Å². The molecule has 0 saturated carbocycles. The van der Waals surface area contributed by atoms with E-state index in [0.717, 1.165) is 12.8 Å². The van der Waals surface area contributed by atoms with Gasteiger partial charge in [-0.05, 0) is 6.42 Å². The summed E-state index contributed by atoms with van der Waals surface area (Å²) in [6, 6.07) is 0. The van der Waals surface area contributed by atoms with Crippen LogP contribution in [0.1, 0.15) is 97.3 Å². The number of hydroxylamine groups is 1. The average Bonchev–Trinajstić information content (AvgIpc) is 2.76. The van der Waals surface area contributed by atoms with Crippen LogP contribution in [0, 0.1) is 0 Å². The molecule has 186 valence electrons. The molecule has 0 aromatic rings. The van der Waals surface area contributed by atoms with Crippen LogP contribution in [0.5, 0.6) is 0 Å². The first-order valence-electron chi connectivity index (χ1n) is 12.1. The van der Waals surface area contributed by atoms with E-state index in [-0.39, 0.29) is 32.1 Å². The summed E-state index contributed by atoms with van der Waals surface area (Å²) in [4.78, 5) is 28.5. The van der Waals surface area contributed by atoms with Gasteiger partial charge < -0.3 is 20.2 Å². The molecule has 0 aromatic carbocycles. The third-order valence-corrected chi connectivity index (χ3v) is 4.82. The van der Waals surface area contributed by atoms with Crippen molar-refractivity contribution in [1.29, 1.82) is 0 Å². The van der Waals surface area contributed by atoms with Gasteiger partial charge in [-0.3, -0.25) is 9.69 Å². The van der Waals surface area contributed by atoms with E-state index in [0.29, 0.717) is 26.1 Å². The van der Waals surface area contributed by atoms with E-state index in [1.807, 2.05) is 0 Å². The Labute approximate surface area is 189 Å². The second-order valence-electron chi connectivity index (χ2n) is 7.65. The zero-order valence-electron chi connectivity index (χ0n) is 19.9. The highest BCUT2D eigenvalue weighted by molar-refractivity contribution is 5.77. The second-order valence-corrected chi connectivity index (χ2v) is 7.65. The normalized spacial score (nSPS) is 10.5. The van der Waals surface area contributed by atoms with Crippen LogP contribution in [-0.2, 0) is 14.4 Å². The SMILES string of the molecule is CCCCCCCCCCCCCC(=O)NOC(=O)CC.OCCN(CCO)CCO. The Bertz CT molecular complexity index is 382. The molecular weight excluding hydrogens is 400 g/mol. The van der Waals surface area contributed by atoms with Crippen LogP contribution < -0.4 is 5.48 Å². The maximum atomic E-state index is 11.3. The highest BCUT2D eigenvalue weighted by Gasteiger charge is 2.04. The Balaban J connectivity index is 0. The van der Waals surface area contributed by atoms with Gasteiger partial charge in [-0.25, -0.2) is 4.79 Å². The van der Waals surface area contributed by atoms with E-state index in [1.54, 1.807) is 11.8 Å². The summed E-state index contributed by atoms with van der Waals surface area (Å²) in [6.07, 6.45) is 14.6. The molecule has 0 atom stereocenters. The molecule has 0 fully saturated rings. The number of rotatable bonds is 19. The van der Waals surface area contributed by atoms with E-state index in [1.165, 1.54) is 57.8 Å². The second kappa shape index (κ2) is 26.8. The molecule has 0 spiro atoms. The van der Waals surface area contributed by atoms with Gasteiger partial charge in [0.1, 0.15) is 0 Å². The third kappa shape index (κ3) is 26.7. The quantitative estimate of drug-likeness (QED) is 0.177. The van der Waals surface area contributed by atoms with Crippen LogP contribution >= 0.6 is 0 Å². The van der Waals surface area contributed by atoms with Crippen molar-refractivity contribution in [3.63, 3.8) is 0 Å². The number of aliphatic hydroxyl groups excluding tert-OH is 3. The van der Waals surface area contributed by atoms with Gasteiger partial charge in [0.05, 0.1) is 19.8 Å². The summed E-state index contributed by atoms with van der Waals surface area (Å²) in [7, 11) is 0. The fourth-order valence-corrected chi connectivity index (χ4v) is 2.95.